The quantitative estimate of drug-likeness (QED) is 0.798. The SMILES string of the molecule is O=C(CCN1C(=O)C2CCCCC2C1=O)NCCc1ccccn1. The van der Waals surface area contributed by atoms with E-state index in [1.807, 2.05) is 18.2 Å². The van der Waals surface area contributed by atoms with Crippen LogP contribution in [0.2, 0.25) is 0 Å². The lowest BCUT2D eigenvalue weighted by Crippen LogP contribution is -2.36. The summed E-state index contributed by atoms with van der Waals surface area (Å²) in [4.78, 5) is 42.1. The maximum absolute atomic E-state index is 12.3. The molecule has 1 aromatic rings. The number of carbonyl (C=O) groups is 3. The predicted octanol–water partition coefficient (Wildman–Crippen LogP) is 1.31. The third-order valence-electron chi connectivity index (χ3n) is 4.92. The smallest absolute Gasteiger partial charge is 0.233 e. The van der Waals surface area contributed by atoms with Crippen LogP contribution in [0.1, 0.15) is 37.8 Å². The van der Waals surface area contributed by atoms with E-state index in [0.29, 0.717) is 13.0 Å². The molecular weight excluding hydrogens is 306 g/mol. The van der Waals surface area contributed by atoms with E-state index in [9.17, 15) is 14.4 Å². The highest BCUT2D eigenvalue weighted by atomic mass is 16.2. The molecule has 3 amide bonds. The summed E-state index contributed by atoms with van der Waals surface area (Å²) in [6.07, 6.45) is 6.20. The van der Waals surface area contributed by atoms with Gasteiger partial charge in [-0.25, -0.2) is 0 Å². The molecule has 2 unspecified atom stereocenters. The fraction of sp³-hybridized carbons (Fsp3) is 0.556. The average Bonchev–Trinajstić information content (AvgIpc) is 2.85. The molecule has 1 saturated carbocycles. The number of imide groups is 1. The molecule has 0 bridgehead atoms. The normalized spacial score (nSPS) is 23.2. The van der Waals surface area contributed by atoms with Crippen LogP contribution in [0.3, 0.4) is 0 Å². The van der Waals surface area contributed by atoms with Gasteiger partial charge in [0, 0.05) is 37.8 Å². The van der Waals surface area contributed by atoms with Gasteiger partial charge in [-0.1, -0.05) is 18.9 Å². The van der Waals surface area contributed by atoms with Gasteiger partial charge in [0.15, 0.2) is 0 Å². The van der Waals surface area contributed by atoms with E-state index in [4.69, 9.17) is 0 Å². The zero-order chi connectivity index (χ0) is 16.9. The number of pyridine rings is 1. The van der Waals surface area contributed by atoms with E-state index in [1.54, 1.807) is 6.20 Å². The van der Waals surface area contributed by atoms with Gasteiger partial charge in [0.2, 0.25) is 17.7 Å². The maximum atomic E-state index is 12.3. The van der Waals surface area contributed by atoms with E-state index < -0.39 is 0 Å². The third kappa shape index (κ3) is 3.63. The fourth-order valence-corrected chi connectivity index (χ4v) is 3.63. The van der Waals surface area contributed by atoms with Crippen molar-refractivity contribution in [2.45, 2.75) is 38.5 Å². The zero-order valence-corrected chi connectivity index (χ0v) is 13.7. The Bertz CT molecular complexity index is 593. The number of hydrogen-bond donors (Lipinski definition) is 1. The molecule has 1 aromatic heterocycles. The Balaban J connectivity index is 1.42. The van der Waals surface area contributed by atoms with Gasteiger partial charge in [0.25, 0.3) is 0 Å². The van der Waals surface area contributed by atoms with E-state index in [-0.39, 0.29) is 42.5 Å². The molecule has 1 aliphatic heterocycles. The van der Waals surface area contributed by atoms with E-state index in [2.05, 4.69) is 10.3 Å². The molecule has 2 aliphatic rings. The number of nitrogens with zero attached hydrogens (tertiary/aromatic N) is 2. The molecule has 6 nitrogen and oxygen atoms in total. The molecule has 3 rings (SSSR count). The number of hydrogen-bond acceptors (Lipinski definition) is 4. The Morgan fingerprint density at radius 3 is 2.50 bits per heavy atom. The van der Waals surface area contributed by atoms with E-state index in [0.717, 1.165) is 31.4 Å². The van der Waals surface area contributed by atoms with Gasteiger partial charge in [-0.05, 0) is 25.0 Å². The Morgan fingerprint density at radius 2 is 1.88 bits per heavy atom. The van der Waals surface area contributed by atoms with Crippen molar-refractivity contribution < 1.29 is 14.4 Å². The Hall–Kier alpha value is -2.24. The first-order chi connectivity index (χ1) is 11.7. The van der Waals surface area contributed by atoms with Gasteiger partial charge in [-0.3, -0.25) is 24.3 Å². The Labute approximate surface area is 141 Å². The molecule has 128 valence electrons. The number of rotatable bonds is 6. The van der Waals surface area contributed by atoms with Crippen molar-refractivity contribution >= 4 is 17.7 Å². The van der Waals surface area contributed by atoms with Crippen LogP contribution in [0.4, 0.5) is 0 Å². The molecule has 6 heteroatoms. The minimum absolute atomic E-state index is 0.0778. The van der Waals surface area contributed by atoms with Crippen molar-refractivity contribution in [3.8, 4) is 0 Å². The van der Waals surface area contributed by atoms with Crippen molar-refractivity contribution in [3.05, 3.63) is 30.1 Å². The van der Waals surface area contributed by atoms with Crippen LogP contribution in [0.15, 0.2) is 24.4 Å². The Kier molecular flexibility index (Phi) is 5.23. The van der Waals surface area contributed by atoms with Crippen LogP contribution in [-0.2, 0) is 20.8 Å². The number of likely N-dealkylation sites (tertiary alicyclic amines) is 1. The van der Waals surface area contributed by atoms with E-state index >= 15 is 0 Å². The molecule has 0 spiro atoms. The van der Waals surface area contributed by atoms with Crippen molar-refractivity contribution in [2.24, 2.45) is 11.8 Å². The summed E-state index contributed by atoms with van der Waals surface area (Å²) in [6.45, 7) is 0.697. The van der Waals surface area contributed by atoms with Gasteiger partial charge in [0.1, 0.15) is 0 Å². The highest BCUT2D eigenvalue weighted by Gasteiger charge is 2.47. The van der Waals surface area contributed by atoms with Gasteiger partial charge in [-0.2, -0.15) is 0 Å². The monoisotopic (exact) mass is 329 g/mol. The summed E-state index contributed by atoms with van der Waals surface area (Å²) in [5.74, 6) is -0.574. The van der Waals surface area contributed by atoms with Crippen molar-refractivity contribution in [1.29, 1.82) is 0 Å². The summed E-state index contributed by atoms with van der Waals surface area (Å²) >= 11 is 0. The molecular formula is C18H23N3O3. The first kappa shape index (κ1) is 16.6. The van der Waals surface area contributed by atoms with Gasteiger partial charge in [-0.15, -0.1) is 0 Å². The molecule has 0 aromatic carbocycles. The van der Waals surface area contributed by atoms with E-state index in [1.165, 1.54) is 4.90 Å². The summed E-state index contributed by atoms with van der Waals surface area (Å²) in [6, 6.07) is 5.67. The molecule has 2 fully saturated rings. The molecule has 2 atom stereocenters. The third-order valence-corrected chi connectivity index (χ3v) is 4.92. The molecule has 0 radical (unpaired) electrons. The first-order valence-electron chi connectivity index (χ1n) is 8.68. The largest absolute Gasteiger partial charge is 0.356 e. The standard InChI is InChI=1S/C18H23N3O3/c22-16(20-11-8-13-5-3-4-10-19-13)9-12-21-17(23)14-6-1-2-7-15(14)18(21)24/h3-5,10,14-15H,1-2,6-9,11-12H2,(H,20,22). The number of aromatic nitrogens is 1. The van der Waals surface area contributed by atoms with Gasteiger partial charge in [0.05, 0.1) is 11.8 Å². The topological polar surface area (TPSA) is 79.4 Å². The van der Waals surface area contributed by atoms with Crippen LogP contribution in [-0.4, -0.2) is 40.7 Å². The lowest BCUT2D eigenvalue weighted by Gasteiger charge is -2.19. The number of fused-ring (bicyclic) bond motifs is 1. The number of carbonyl (C=O) groups excluding carboxylic acids is 3. The molecule has 24 heavy (non-hydrogen) atoms. The first-order valence-corrected chi connectivity index (χ1v) is 8.68. The molecule has 1 aliphatic carbocycles. The lowest BCUT2D eigenvalue weighted by atomic mass is 9.81. The average molecular weight is 329 g/mol. The summed E-state index contributed by atoms with van der Waals surface area (Å²) in [7, 11) is 0. The summed E-state index contributed by atoms with van der Waals surface area (Å²) < 4.78 is 0. The maximum Gasteiger partial charge on any atom is 0.233 e. The summed E-state index contributed by atoms with van der Waals surface area (Å²) in [5.41, 5.74) is 0.923. The second kappa shape index (κ2) is 7.55. The van der Waals surface area contributed by atoms with Crippen LogP contribution >= 0.6 is 0 Å². The Morgan fingerprint density at radius 1 is 1.17 bits per heavy atom. The highest BCUT2D eigenvalue weighted by molar-refractivity contribution is 6.05. The van der Waals surface area contributed by atoms with Crippen LogP contribution in [0.25, 0.3) is 0 Å². The minimum atomic E-state index is -0.140. The molecule has 2 heterocycles. The zero-order valence-electron chi connectivity index (χ0n) is 13.7. The highest BCUT2D eigenvalue weighted by Crippen LogP contribution is 2.37. The number of amides is 3. The van der Waals surface area contributed by atoms with Crippen molar-refractivity contribution in [3.63, 3.8) is 0 Å². The van der Waals surface area contributed by atoms with Crippen LogP contribution < -0.4 is 5.32 Å². The molecule has 1 saturated heterocycles. The van der Waals surface area contributed by atoms with Crippen molar-refractivity contribution in [1.82, 2.24) is 15.2 Å². The second-order valence-electron chi connectivity index (χ2n) is 6.50. The summed E-state index contributed by atoms with van der Waals surface area (Å²) in [5, 5.41) is 2.82. The van der Waals surface area contributed by atoms with Crippen LogP contribution in [0.5, 0.6) is 0 Å². The predicted molar refractivity (Wildman–Crippen MR) is 87.7 cm³/mol. The second-order valence-corrected chi connectivity index (χ2v) is 6.50. The fourth-order valence-electron chi connectivity index (χ4n) is 3.63. The lowest BCUT2D eigenvalue weighted by molar-refractivity contribution is -0.140. The minimum Gasteiger partial charge on any atom is -0.356 e. The van der Waals surface area contributed by atoms with Gasteiger partial charge < -0.3 is 5.32 Å². The van der Waals surface area contributed by atoms with Gasteiger partial charge >= 0.3 is 0 Å². The molecule has 1 N–H and O–H groups in total. The van der Waals surface area contributed by atoms with Crippen molar-refractivity contribution in [2.75, 3.05) is 13.1 Å². The van der Waals surface area contributed by atoms with Crippen LogP contribution in [0, 0.1) is 11.8 Å². The number of nitrogens with one attached hydrogen (secondary N) is 1.